The molecule has 0 spiro atoms. The third-order valence-electron chi connectivity index (χ3n) is 7.84. The van der Waals surface area contributed by atoms with Crippen LogP contribution in [0.2, 0.25) is 0 Å². The number of aldehydes is 1. The minimum atomic E-state index is -0.519. The molecule has 1 saturated carbocycles. The van der Waals surface area contributed by atoms with E-state index in [2.05, 4.69) is 60.6 Å². The molecule has 1 aliphatic carbocycles. The molecule has 2 saturated heterocycles. The molecular formula is C29H43N5O4. The number of aliphatic hydroxyl groups excluding tert-OH is 1. The molecule has 38 heavy (non-hydrogen) atoms. The monoisotopic (exact) mass is 525 g/mol. The minimum Gasteiger partial charge on any atom is -0.391 e. The van der Waals surface area contributed by atoms with Gasteiger partial charge in [-0.05, 0) is 36.0 Å². The van der Waals surface area contributed by atoms with Crippen molar-refractivity contribution in [2.75, 3.05) is 25.0 Å². The van der Waals surface area contributed by atoms with E-state index in [0.717, 1.165) is 18.5 Å². The first-order valence-corrected chi connectivity index (χ1v) is 13.7. The Morgan fingerprint density at radius 2 is 1.89 bits per heavy atom. The van der Waals surface area contributed by atoms with Crippen molar-refractivity contribution in [3.05, 3.63) is 29.8 Å². The number of hydrogen-bond acceptors (Lipinski definition) is 7. The number of amides is 2. The van der Waals surface area contributed by atoms with Gasteiger partial charge in [-0.2, -0.15) is 5.26 Å². The predicted molar refractivity (Wildman–Crippen MR) is 146 cm³/mol. The second-order valence-corrected chi connectivity index (χ2v) is 11.8. The van der Waals surface area contributed by atoms with Crippen molar-refractivity contribution < 1.29 is 19.5 Å². The van der Waals surface area contributed by atoms with E-state index in [4.69, 9.17) is 10.4 Å². The lowest BCUT2D eigenvalue weighted by Gasteiger charge is -2.35. The number of aliphatic hydroxyl groups is 1. The zero-order chi connectivity index (χ0) is 27.9. The van der Waals surface area contributed by atoms with E-state index < -0.39 is 12.1 Å². The summed E-state index contributed by atoms with van der Waals surface area (Å²) in [6.45, 7) is 7.44. The SMILES string of the molecule is CN(c1ccc(C(C)(C)C)cc1)C(C(=O)NC1CCCCC1)C1CNC(=O)C1.N#CN1CC(O)CC1C=O. The van der Waals surface area contributed by atoms with E-state index in [0.29, 0.717) is 32.2 Å². The first-order chi connectivity index (χ1) is 18.0. The number of nitrogens with zero attached hydrogens (tertiary/aromatic N) is 3. The summed E-state index contributed by atoms with van der Waals surface area (Å²) in [5.41, 5.74) is 2.37. The molecular weight excluding hydrogens is 482 g/mol. The molecule has 4 rings (SSSR count). The lowest BCUT2D eigenvalue weighted by Crippen LogP contribution is -2.53. The Labute approximate surface area is 226 Å². The highest BCUT2D eigenvalue weighted by Gasteiger charge is 2.38. The highest BCUT2D eigenvalue weighted by Crippen LogP contribution is 2.28. The molecule has 3 N–H and O–H groups in total. The first-order valence-electron chi connectivity index (χ1n) is 13.7. The summed E-state index contributed by atoms with van der Waals surface area (Å²) in [5.74, 6) is 0.0797. The Morgan fingerprint density at radius 1 is 1.24 bits per heavy atom. The zero-order valence-corrected chi connectivity index (χ0v) is 23.2. The highest BCUT2D eigenvalue weighted by atomic mass is 16.3. The summed E-state index contributed by atoms with van der Waals surface area (Å²) in [6.07, 6.45) is 8.56. The van der Waals surface area contributed by atoms with E-state index in [9.17, 15) is 14.4 Å². The van der Waals surface area contributed by atoms with Crippen LogP contribution in [0.25, 0.3) is 0 Å². The molecule has 2 aliphatic heterocycles. The lowest BCUT2D eigenvalue weighted by molar-refractivity contribution is -0.124. The molecule has 3 aliphatic rings. The number of carbonyl (C=O) groups excluding carboxylic acids is 3. The smallest absolute Gasteiger partial charge is 0.243 e. The average Bonchev–Trinajstić information content (AvgIpc) is 3.49. The van der Waals surface area contributed by atoms with Gasteiger partial charge >= 0.3 is 0 Å². The fourth-order valence-corrected chi connectivity index (χ4v) is 5.53. The van der Waals surface area contributed by atoms with Gasteiger partial charge in [0, 0.05) is 44.1 Å². The Morgan fingerprint density at radius 3 is 2.39 bits per heavy atom. The van der Waals surface area contributed by atoms with Crippen LogP contribution >= 0.6 is 0 Å². The largest absolute Gasteiger partial charge is 0.391 e. The van der Waals surface area contributed by atoms with Crippen molar-refractivity contribution in [2.24, 2.45) is 5.92 Å². The van der Waals surface area contributed by atoms with Gasteiger partial charge in [-0.15, -0.1) is 0 Å². The van der Waals surface area contributed by atoms with Gasteiger partial charge in [-0.3, -0.25) is 14.5 Å². The van der Waals surface area contributed by atoms with E-state index >= 15 is 0 Å². The molecule has 4 atom stereocenters. The van der Waals surface area contributed by atoms with Gasteiger partial charge in [-0.25, -0.2) is 0 Å². The molecule has 1 aromatic rings. The van der Waals surface area contributed by atoms with Crippen molar-refractivity contribution in [1.29, 1.82) is 5.26 Å². The lowest BCUT2D eigenvalue weighted by atomic mass is 9.87. The van der Waals surface area contributed by atoms with Crippen LogP contribution in [0.5, 0.6) is 0 Å². The summed E-state index contributed by atoms with van der Waals surface area (Å²) in [7, 11) is 1.97. The topological polar surface area (TPSA) is 126 Å². The Bertz CT molecular complexity index is 994. The number of hydrogen-bond donors (Lipinski definition) is 3. The number of nitriles is 1. The Hall–Kier alpha value is -3.12. The fraction of sp³-hybridized carbons (Fsp3) is 0.655. The summed E-state index contributed by atoms with van der Waals surface area (Å²) in [6, 6.07) is 7.98. The standard InChI is InChI=1S/C23H35N3O2.C6H8N2O2/c1-23(2,3)17-10-12-19(13-11-17)26(4)21(16-14-20(27)24-15-16)22(28)25-18-8-6-5-7-9-18;7-4-8-2-6(10)1-5(8)3-9/h10-13,16,18,21H,5-9,14-15H2,1-4H3,(H,24,27)(H,25,28);3,5-6,10H,1-2H2. The number of nitrogens with one attached hydrogen (secondary N) is 2. The molecule has 2 heterocycles. The average molecular weight is 526 g/mol. The van der Waals surface area contributed by atoms with Crippen molar-refractivity contribution in [3.8, 4) is 6.19 Å². The van der Waals surface area contributed by atoms with Crippen LogP contribution in [0.15, 0.2) is 24.3 Å². The molecule has 0 radical (unpaired) electrons. The molecule has 0 bridgehead atoms. The number of carbonyl (C=O) groups is 3. The second-order valence-electron chi connectivity index (χ2n) is 11.8. The number of likely N-dealkylation sites (N-methyl/N-ethyl adjacent to an activating group) is 1. The molecule has 9 heteroatoms. The summed E-state index contributed by atoms with van der Waals surface area (Å²) >= 11 is 0. The van der Waals surface area contributed by atoms with Crippen LogP contribution in [-0.4, -0.2) is 72.5 Å². The summed E-state index contributed by atoms with van der Waals surface area (Å²) in [4.78, 5) is 38.6. The van der Waals surface area contributed by atoms with Gasteiger partial charge in [0.2, 0.25) is 11.8 Å². The maximum Gasteiger partial charge on any atom is 0.243 e. The molecule has 1 aromatic carbocycles. The Balaban J connectivity index is 0.000000336. The number of anilines is 1. The zero-order valence-electron chi connectivity index (χ0n) is 23.2. The molecule has 9 nitrogen and oxygen atoms in total. The van der Waals surface area contributed by atoms with Gasteiger partial charge in [0.15, 0.2) is 6.19 Å². The van der Waals surface area contributed by atoms with Crippen molar-refractivity contribution in [3.63, 3.8) is 0 Å². The first kappa shape index (κ1) is 29.4. The normalized spacial score (nSPS) is 24.5. The van der Waals surface area contributed by atoms with Crippen molar-refractivity contribution in [2.45, 2.75) is 95.4 Å². The van der Waals surface area contributed by atoms with Crippen LogP contribution in [0.4, 0.5) is 5.69 Å². The second kappa shape index (κ2) is 13.1. The van der Waals surface area contributed by atoms with E-state index in [-0.39, 0.29) is 35.2 Å². The van der Waals surface area contributed by atoms with Gasteiger partial charge in [0.05, 0.1) is 18.7 Å². The molecule has 208 valence electrons. The summed E-state index contributed by atoms with van der Waals surface area (Å²) < 4.78 is 0. The number of β-amino-alcohol motifs (C(OH)–C–C–N with tert-alkyl or cyclic N) is 1. The van der Waals surface area contributed by atoms with Gasteiger partial charge in [-0.1, -0.05) is 52.2 Å². The highest BCUT2D eigenvalue weighted by molar-refractivity contribution is 5.88. The maximum absolute atomic E-state index is 13.3. The van der Waals surface area contributed by atoms with Crippen LogP contribution in [-0.2, 0) is 19.8 Å². The number of benzene rings is 1. The van der Waals surface area contributed by atoms with Crippen LogP contribution in [0.3, 0.4) is 0 Å². The molecule has 4 unspecified atom stereocenters. The van der Waals surface area contributed by atoms with E-state index in [1.165, 1.54) is 29.7 Å². The van der Waals surface area contributed by atoms with Gasteiger partial charge in [0.1, 0.15) is 12.3 Å². The summed E-state index contributed by atoms with van der Waals surface area (Å²) in [5, 5.41) is 23.5. The van der Waals surface area contributed by atoms with Gasteiger partial charge in [0.25, 0.3) is 0 Å². The molecule has 2 amide bonds. The van der Waals surface area contributed by atoms with Crippen LogP contribution in [0.1, 0.15) is 71.3 Å². The fourth-order valence-electron chi connectivity index (χ4n) is 5.53. The van der Waals surface area contributed by atoms with Crippen molar-refractivity contribution in [1.82, 2.24) is 15.5 Å². The van der Waals surface area contributed by atoms with Crippen LogP contribution < -0.4 is 15.5 Å². The Kier molecular flexibility index (Phi) is 10.1. The predicted octanol–water partition coefficient (Wildman–Crippen LogP) is 2.48. The molecule has 3 fully saturated rings. The quantitative estimate of drug-likeness (QED) is 0.385. The third kappa shape index (κ3) is 7.70. The van der Waals surface area contributed by atoms with E-state index in [1.807, 2.05) is 13.2 Å². The van der Waals surface area contributed by atoms with Gasteiger partial charge < -0.3 is 25.4 Å². The van der Waals surface area contributed by atoms with E-state index in [1.54, 1.807) is 0 Å². The van der Waals surface area contributed by atoms with Crippen molar-refractivity contribution >= 4 is 23.8 Å². The number of rotatable bonds is 6. The number of likely N-dealkylation sites (tertiary alicyclic amines) is 1. The third-order valence-corrected chi connectivity index (χ3v) is 7.84. The maximum atomic E-state index is 13.3. The molecule has 0 aromatic heterocycles. The minimum absolute atomic E-state index is 0.0108. The van der Waals surface area contributed by atoms with Crippen LogP contribution in [0, 0.1) is 17.4 Å².